The van der Waals surface area contributed by atoms with Gasteiger partial charge in [-0.25, -0.2) is 0 Å². The minimum absolute atomic E-state index is 0.0931. The number of hydrogen-bond acceptors (Lipinski definition) is 3. The van der Waals surface area contributed by atoms with Crippen LogP contribution in [0.1, 0.15) is 13.3 Å². The number of nitrogens with two attached hydrogens (primary N) is 1. The molecule has 0 aliphatic heterocycles. The third-order valence-electron chi connectivity index (χ3n) is 0.992. The van der Waals surface area contributed by atoms with E-state index in [9.17, 15) is 4.57 Å². The normalized spacial score (nSPS) is 15.2. The van der Waals surface area contributed by atoms with Crippen molar-refractivity contribution in [1.82, 2.24) is 0 Å². The van der Waals surface area contributed by atoms with Crippen LogP contribution in [0.3, 0.4) is 0 Å². The summed E-state index contributed by atoms with van der Waals surface area (Å²) < 4.78 is 10.6. The fraction of sp³-hybridized carbons (Fsp3) is 1.00. The Hall–Kier alpha value is 0.0200. The van der Waals surface area contributed by atoms with Crippen molar-refractivity contribution in [3.8, 4) is 0 Å². The lowest BCUT2D eigenvalue weighted by Crippen LogP contribution is -2.15. The van der Waals surface area contributed by atoms with Crippen molar-refractivity contribution < 1.29 is 9.67 Å². The van der Waals surface area contributed by atoms with Gasteiger partial charge in [-0.3, -0.25) is 0 Å². The van der Waals surface area contributed by atoms with Crippen molar-refractivity contribution in [1.29, 1.82) is 0 Å². The van der Waals surface area contributed by atoms with Crippen LogP contribution >= 0.6 is 7.80 Å². The highest BCUT2D eigenvalue weighted by Crippen LogP contribution is 2.18. The van der Waals surface area contributed by atoms with Crippen LogP contribution in [0, 0.1) is 0 Å². The summed E-state index contributed by atoms with van der Waals surface area (Å²) in [5.74, 6) is 0. The van der Waals surface area contributed by atoms with Gasteiger partial charge in [0.2, 0.25) is 6.35 Å². The SMILES string of the molecule is CC(N)CC[P+](=O)CO. The molecule has 0 bridgehead atoms. The van der Waals surface area contributed by atoms with Crippen LogP contribution in [-0.4, -0.2) is 23.7 Å². The first-order chi connectivity index (χ1) is 4.16. The van der Waals surface area contributed by atoms with Gasteiger partial charge in [0.1, 0.15) is 6.16 Å². The zero-order chi connectivity index (χ0) is 7.28. The molecule has 3 nitrogen and oxygen atoms in total. The maximum absolute atomic E-state index is 10.6. The standard InChI is InChI=1S/C5H13NO2P/c1-5(6)2-3-9(8)4-7/h5,7H,2-4,6H2,1H3/q+1. The summed E-state index contributed by atoms with van der Waals surface area (Å²) >= 11 is 0. The van der Waals surface area contributed by atoms with Crippen LogP contribution in [0.15, 0.2) is 0 Å². The third-order valence-corrected chi connectivity index (χ3v) is 2.06. The third kappa shape index (κ3) is 5.90. The van der Waals surface area contributed by atoms with Gasteiger partial charge in [0.05, 0.1) is 0 Å². The zero-order valence-electron chi connectivity index (χ0n) is 5.58. The monoisotopic (exact) mass is 150 g/mol. The molecule has 0 amide bonds. The lowest BCUT2D eigenvalue weighted by atomic mass is 10.3. The van der Waals surface area contributed by atoms with Crippen molar-refractivity contribution in [2.45, 2.75) is 19.4 Å². The molecule has 0 aromatic heterocycles. The van der Waals surface area contributed by atoms with Gasteiger partial charge >= 0.3 is 7.80 Å². The van der Waals surface area contributed by atoms with Crippen molar-refractivity contribution >= 4 is 7.80 Å². The highest BCUT2D eigenvalue weighted by Gasteiger charge is 2.12. The van der Waals surface area contributed by atoms with E-state index in [1.807, 2.05) is 6.92 Å². The van der Waals surface area contributed by atoms with Crippen molar-refractivity contribution in [2.24, 2.45) is 5.73 Å². The maximum atomic E-state index is 10.6. The van der Waals surface area contributed by atoms with E-state index in [-0.39, 0.29) is 12.4 Å². The summed E-state index contributed by atoms with van der Waals surface area (Å²) in [4.78, 5) is 0. The van der Waals surface area contributed by atoms with Gasteiger partial charge < -0.3 is 10.8 Å². The Morgan fingerprint density at radius 2 is 2.33 bits per heavy atom. The second-order valence-electron chi connectivity index (χ2n) is 2.11. The Balaban J connectivity index is 3.17. The van der Waals surface area contributed by atoms with E-state index in [4.69, 9.17) is 10.8 Å². The molecule has 4 heteroatoms. The van der Waals surface area contributed by atoms with Gasteiger partial charge in [0.25, 0.3) is 0 Å². The smallest absolute Gasteiger partial charge is 0.353 e. The largest absolute Gasteiger partial charge is 0.366 e. The Kier molecular flexibility index (Phi) is 4.87. The molecule has 0 spiro atoms. The lowest BCUT2D eigenvalue weighted by molar-refractivity contribution is 0.362. The minimum Gasteiger partial charge on any atom is -0.353 e. The van der Waals surface area contributed by atoms with Gasteiger partial charge in [0, 0.05) is 12.5 Å². The number of aliphatic hydroxyl groups is 1. The summed E-state index contributed by atoms with van der Waals surface area (Å²) in [6.07, 6.45) is 1.07. The molecule has 0 heterocycles. The van der Waals surface area contributed by atoms with Gasteiger partial charge in [-0.05, 0) is 6.92 Å². The molecular formula is C5H13NO2P+. The van der Waals surface area contributed by atoms with Crippen LogP contribution in [0.4, 0.5) is 0 Å². The van der Waals surface area contributed by atoms with E-state index in [1.54, 1.807) is 0 Å². The van der Waals surface area contributed by atoms with E-state index >= 15 is 0 Å². The molecule has 9 heavy (non-hydrogen) atoms. The zero-order valence-corrected chi connectivity index (χ0v) is 6.47. The number of aliphatic hydroxyl groups excluding tert-OH is 1. The molecular weight excluding hydrogens is 137 g/mol. The number of hydrogen-bond donors (Lipinski definition) is 2. The van der Waals surface area contributed by atoms with E-state index in [0.29, 0.717) is 6.16 Å². The molecule has 54 valence electrons. The van der Waals surface area contributed by atoms with Crippen LogP contribution < -0.4 is 5.73 Å². The summed E-state index contributed by atoms with van der Waals surface area (Å²) in [5, 5.41) is 8.32. The highest BCUT2D eigenvalue weighted by atomic mass is 31.1. The second kappa shape index (κ2) is 4.86. The maximum Gasteiger partial charge on any atom is 0.366 e. The number of rotatable bonds is 4. The predicted molar refractivity (Wildman–Crippen MR) is 37.8 cm³/mol. The topological polar surface area (TPSA) is 63.3 Å². The van der Waals surface area contributed by atoms with Crippen molar-refractivity contribution in [3.63, 3.8) is 0 Å². The molecule has 0 aliphatic rings. The van der Waals surface area contributed by atoms with Gasteiger partial charge in [-0.15, -0.1) is 0 Å². The first-order valence-electron chi connectivity index (χ1n) is 2.95. The summed E-state index contributed by atoms with van der Waals surface area (Å²) in [6.45, 7) is 1.86. The Labute approximate surface area is 56.0 Å². The van der Waals surface area contributed by atoms with Crippen molar-refractivity contribution in [3.05, 3.63) is 0 Å². The molecule has 0 aliphatic carbocycles. The molecule has 0 saturated carbocycles. The quantitative estimate of drug-likeness (QED) is 0.573. The molecule has 0 rings (SSSR count). The van der Waals surface area contributed by atoms with Crippen LogP contribution in [0.25, 0.3) is 0 Å². The Morgan fingerprint density at radius 1 is 1.78 bits per heavy atom. The molecule has 0 aromatic carbocycles. The van der Waals surface area contributed by atoms with Crippen LogP contribution in [0.5, 0.6) is 0 Å². The van der Waals surface area contributed by atoms with E-state index in [0.717, 1.165) is 6.42 Å². The summed E-state index contributed by atoms with van der Waals surface area (Å²) in [5.41, 5.74) is 5.39. The average Bonchev–Trinajstić information content (AvgIpc) is 1.83. The van der Waals surface area contributed by atoms with Gasteiger partial charge in [0.15, 0.2) is 0 Å². The summed E-state index contributed by atoms with van der Waals surface area (Å²) in [6, 6.07) is 0.0931. The lowest BCUT2D eigenvalue weighted by Gasteiger charge is -1.95. The molecule has 2 atom stereocenters. The fourth-order valence-electron chi connectivity index (χ4n) is 0.418. The molecule has 0 saturated heterocycles. The first kappa shape index (κ1) is 9.02. The first-order valence-corrected chi connectivity index (χ1v) is 4.58. The Morgan fingerprint density at radius 3 is 2.67 bits per heavy atom. The van der Waals surface area contributed by atoms with Crippen molar-refractivity contribution in [2.75, 3.05) is 12.5 Å². The van der Waals surface area contributed by atoms with Gasteiger partial charge in [-0.1, -0.05) is 4.57 Å². The second-order valence-corrected chi connectivity index (χ2v) is 3.81. The molecule has 2 unspecified atom stereocenters. The molecule has 0 aromatic rings. The van der Waals surface area contributed by atoms with Gasteiger partial charge in [-0.2, -0.15) is 0 Å². The molecule has 0 radical (unpaired) electrons. The fourth-order valence-corrected chi connectivity index (χ4v) is 1.26. The highest BCUT2D eigenvalue weighted by molar-refractivity contribution is 7.44. The molecule has 0 fully saturated rings. The predicted octanol–water partition coefficient (Wildman–Crippen LogP) is 0.501. The van der Waals surface area contributed by atoms with E-state index in [1.165, 1.54) is 0 Å². The molecule has 3 N–H and O–H groups in total. The van der Waals surface area contributed by atoms with E-state index in [2.05, 4.69) is 0 Å². The van der Waals surface area contributed by atoms with Crippen LogP contribution in [-0.2, 0) is 4.57 Å². The minimum atomic E-state index is -1.39. The Bertz CT molecular complexity index is 95.0. The average molecular weight is 150 g/mol. The van der Waals surface area contributed by atoms with Crippen LogP contribution in [0.2, 0.25) is 0 Å². The summed E-state index contributed by atoms with van der Waals surface area (Å²) in [7, 11) is -1.39. The van der Waals surface area contributed by atoms with E-state index < -0.39 is 7.80 Å².